The van der Waals surface area contributed by atoms with Crippen molar-refractivity contribution in [1.82, 2.24) is 9.55 Å². The topological polar surface area (TPSA) is 99.9 Å². The largest absolute Gasteiger partial charge is 0.493 e. The van der Waals surface area contributed by atoms with Crippen molar-refractivity contribution >= 4 is 28.5 Å². The molecule has 30 heavy (non-hydrogen) atoms. The standard InChI is InChI=1S/C22H18N2O6/c1-28-17-9-12(10-18-19(17)30-7-6-29-18)8-13-4-5-24-20(13)23-16-11-14(22(26)27)2-3-15(16)21(24)25/h2-3,8-11H,4-7H2,1H3,(H,26,27)/b13-8+. The number of benzene rings is 2. The Bertz CT molecular complexity index is 1270. The molecule has 2 aromatic carbocycles. The molecular formula is C22H18N2O6. The summed E-state index contributed by atoms with van der Waals surface area (Å²) >= 11 is 0. The molecule has 8 nitrogen and oxygen atoms in total. The van der Waals surface area contributed by atoms with E-state index in [1.807, 2.05) is 18.2 Å². The number of allylic oxidation sites excluding steroid dienone is 1. The van der Waals surface area contributed by atoms with Crippen molar-refractivity contribution in [3.8, 4) is 17.2 Å². The van der Waals surface area contributed by atoms with Crippen molar-refractivity contribution in [3.63, 3.8) is 0 Å². The van der Waals surface area contributed by atoms with Gasteiger partial charge in [0.15, 0.2) is 11.5 Å². The van der Waals surface area contributed by atoms with E-state index >= 15 is 0 Å². The van der Waals surface area contributed by atoms with E-state index in [9.17, 15) is 14.7 Å². The molecule has 5 rings (SSSR count). The van der Waals surface area contributed by atoms with Gasteiger partial charge in [-0.3, -0.25) is 9.36 Å². The van der Waals surface area contributed by atoms with Gasteiger partial charge in [-0.2, -0.15) is 0 Å². The van der Waals surface area contributed by atoms with Gasteiger partial charge < -0.3 is 19.3 Å². The molecule has 2 aliphatic rings. The van der Waals surface area contributed by atoms with E-state index in [0.717, 1.165) is 11.1 Å². The molecule has 0 spiro atoms. The average Bonchev–Trinajstić information content (AvgIpc) is 3.15. The van der Waals surface area contributed by atoms with Gasteiger partial charge >= 0.3 is 5.97 Å². The Morgan fingerprint density at radius 3 is 2.87 bits per heavy atom. The van der Waals surface area contributed by atoms with E-state index in [1.54, 1.807) is 11.7 Å². The Morgan fingerprint density at radius 1 is 1.23 bits per heavy atom. The fraction of sp³-hybridized carbons (Fsp3) is 0.227. The van der Waals surface area contributed by atoms with Gasteiger partial charge in [-0.05, 0) is 54.0 Å². The Hall–Kier alpha value is -3.81. The van der Waals surface area contributed by atoms with E-state index in [2.05, 4.69) is 4.98 Å². The number of carbonyl (C=O) groups is 1. The maximum Gasteiger partial charge on any atom is 0.335 e. The molecule has 1 N–H and O–H groups in total. The number of ether oxygens (including phenoxy) is 3. The summed E-state index contributed by atoms with van der Waals surface area (Å²) in [4.78, 5) is 28.8. The number of aromatic nitrogens is 2. The number of hydrogen-bond donors (Lipinski definition) is 1. The molecule has 3 aromatic rings. The van der Waals surface area contributed by atoms with Crippen LogP contribution in [-0.4, -0.2) is 41.0 Å². The number of fused-ring (bicyclic) bond motifs is 3. The molecule has 1 aromatic heterocycles. The molecule has 0 saturated heterocycles. The van der Waals surface area contributed by atoms with Gasteiger partial charge in [0, 0.05) is 6.54 Å². The van der Waals surface area contributed by atoms with Gasteiger partial charge in [-0.15, -0.1) is 0 Å². The summed E-state index contributed by atoms with van der Waals surface area (Å²) < 4.78 is 18.4. The van der Waals surface area contributed by atoms with Crippen LogP contribution in [0.1, 0.15) is 28.2 Å². The number of aromatic carboxylic acids is 1. The molecule has 0 saturated carbocycles. The Kier molecular flexibility index (Phi) is 4.20. The van der Waals surface area contributed by atoms with Crippen molar-refractivity contribution in [2.24, 2.45) is 0 Å². The molecule has 2 aliphatic heterocycles. The number of carboxylic acids is 1. The number of nitrogens with zero attached hydrogens (tertiary/aromatic N) is 2. The highest BCUT2D eigenvalue weighted by Gasteiger charge is 2.23. The SMILES string of the molecule is COc1cc(/C=C2\CCn3c2nc2cc(C(=O)O)ccc2c3=O)cc2c1OCCO2. The van der Waals surface area contributed by atoms with Crippen molar-refractivity contribution in [2.75, 3.05) is 20.3 Å². The summed E-state index contributed by atoms with van der Waals surface area (Å²) in [6.45, 7) is 1.45. The van der Waals surface area contributed by atoms with Crippen LogP contribution in [-0.2, 0) is 6.54 Å². The molecule has 0 amide bonds. The van der Waals surface area contributed by atoms with Crippen LogP contribution in [0.25, 0.3) is 22.6 Å². The van der Waals surface area contributed by atoms with Crippen LogP contribution >= 0.6 is 0 Å². The quantitative estimate of drug-likeness (QED) is 0.714. The van der Waals surface area contributed by atoms with Gasteiger partial charge in [-0.1, -0.05) is 0 Å². The maximum absolute atomic E-state index is 12.9. The molecule has 3 heterocycles. The van der Waals surface area contributed by atoms with Crippen molar-refractivity contribution in [1.29, 1.82) is 0 Å². The molecule has 0 aliphatic carbocycles. The second kappa shape index (κ2) is 6.91. The van der Waals surface area contributed by atoms with Crippen LogP contribution in [0, 0.1) is 0 Å². The van der Waals surface area contributed by atoms with Crippen LogP contribution < -0.4 is 19.8 Å². The first kappa shape index (κ1) is 18.2. The molecule has 0 unspecified atom stereocenters. The molecule has 0 radical (unpaired) electrons. The molecule has 8 heteroatoms. The monoisotopic (exact) mass is 406 g/mol. The third-order valence-electron chi connectivity index (χ3n) is 5.29. The van der Waals surface area contributed by atoms with E-state index in [1.165, 1.54) is 18.2 Å². The summed E-state index contributed by atoms with van der Waals surface area (Å²) in [5.74, 6) is 1.26. The van der Waals surface area contributed by atoms with E-state index in [4.69, 9.17) is 14.2 Å². The zero-order valence-corrected chi connectivity index (χ0v) is 16.2. The number of rotatable bonds is 3. The molecular weight excluding hydrogens is 388 g/mol. The summed E-state index contributed by atoms with van der Waals surface area (Å²) in [5.41, 5.74) is 2.02. The first-order valence-corrected chi connectivity index (χ1v) is 9.51. The van der Waals surface area contributed by atoms with Crippen LogP contribution in [0.2, 0.25) is 0 Å². The zero-order valence-electron chi connectivity index (χ0n) is 16.2. The van der Waals surface area contributed by atoms with E-state index < -0.39 is 5.97 Å². The Balaban J connectivity index is 1.64. The molecule has 0 bridgehead atoms. The lowest BCUT2D eigenvalue weighted by molar-refractivity contribution is 0.0697. The van der Waals surface area contributed by atoms with E-state index in [0.29, 0.717) is 60.2 Å². The van der Waals surface area contributed by atoms with Crippen LogP contribution in [0.3, 0.4) is 0 Å². The lowest BCUT2D eigenvalue weighted by Crippen LogP contribution is -2.21. The highest BCUT2D eigenvalue weighted by atomic mass is 16.6. The van der Waals surface area contributed by atoms with Gasteiger partial charge in [0.05, 0.1) is 23.6 Å². The fourth-order valence-corrected chi connectivity index (χ4v) is 3.87. The van der Waals surface area contributed by atoms with Gasteiger partial charge in [0.2, 0.25) is 5.75 Å². The highest BCUT2D eigenvalue weighted by molar-refractivity contribution is 5.93. The second-order valence-electron chi connectivity index (χ2n) is 7.10. The van der Waals surface area contributed by atoms with Crippen LogP contribution in [0.4, 0.5) is 0 Å². The Labute approximate surface area is 170 Å². The van der Waals surface area contributed by atoms with Gasteiger partial charge in [0.25, 0.3) is 5.56 Å². The summed E-state index contributed by atoms with van der Waals surface area (Å²) in [6, 6.07) is 8.10. The fourth-order valence-electron chi connectivity index (χ4n) is 3.87. The van der Waals surface area contributed by atoms with Crippen molar-refractivity contribution in [3.05, 3.63) is 57.6 Å². The molecule has 0 fully saturated rings. The lowest BCUT2D eigenvalue weighted by Gasteiger charge is -2.21. The van der Waals surface area contributed by atoms with Gasteiger partial charge in [-0.25, -0.2) is 9.78 Å². The predicted molar refractivity (Wildman–Crippen MR) is 109 cm³/mol. The molecule has 152 valence electrons. The minimum Gasteiger partial charge on any atom is -0.493 e. The van der Waals surface area contributed by atoms with Crippen LogP contribution in [0.5, 0.6) is 17.2 Å². The minimum atomic E-state index is -1.06. The smallest absolute Gasteiger partial charge is 0.335 e. The Morgan fingerprint density at radius 2 is 2.07 bits per heavy atom. The number of methoxy groups -OCH3 is 1. The normalized spacial score (nSPS) is 16.0. The van der Waals surface area contributed by atoms with Gasteiger partial charge in [0.1, 0.15) is 19.0 Å². The first-order valence-electron chi connectivity index (χ1n) is 9.51. The van der Waals surface area contributed by atoms with Crippen molar-refractivity contribution in [2.45, 2.75) is 13.0 Å². The third-order valence-corrected chi connectivity index (χ3v) is 5.29. The minimum absolute atomic E-state index is 0.0967. The number of carboxylic acid groups (broad SMARTS) is 1. The average molecular weight is 406 g/mol. The van der Waals surface area contributed by atoms with Crippen LogP contribution in [0.15, 0.2) is 35.1 Å². The maximum atomic E-state index is 12.9. The first-order chi connectivity index (χ1) is 14.5. The predicted octanol–water partition coefficient (Wildman–Crippen LogP) is 2.82. The lowest BCUT2D eigenvalue weighted by atomic mass is 10.1. The number of hydrogen-bond acceptors (Lipinski definition) is 6. The summed E-state index contributed by atoms with van der Waals surface area (Å²) in [7, 11) is 1.57. The summed E-state index contributed by atoms with van der Waals surface area (Å²) in [6.07, 6.45) is 2.58. The zero-order chi connectivity index (χ0) is 20.8. The second-order valence-corrected chi connectivity index (χ2v) is 7.10. The summed E-state index contributed by atoms with van der Waals surface area (Å²) in [5, 5.41) is 9.65. The van der Waals surface area contributed by atoms with E-state index in [-0.39, 0.29) is 11.1 Å². The molecule has 0 atom stereocenters. The van der Waals surface area contributed by atoms with Crippen molar-refractivity contribution < 1.29 is 24.1 Å². The highest BCUT2D eigenvalue weighted by Crippen LogP contribution is 2.41. The third kappa shape index (κ3) is 2.88.